The number of nitriles is 1. The minimum Gasteiger partial charge on any atom is -0.497 e. The molecule has 0 saturated carbocycles. The normalized spacial score (nSPS) is 15.9. The third kappa shape index (κ3) is 3.35. The van der Waals surface area contributed by atoms with Gasteiger partial charge in [-0.15, -0.1) is 0 Å². The molecule has 120 valence electrons. The second-order valence-electron chi connectivity index (χ2n) is 4.89. The molecule has 1 aromatic carbocycles. The molecule has 5 nitrogen and oxygen atoms in total. The van der Waals surface area contributed by atoms with E-state index in [9.17, 15) is 4.79 Å². The number of hydrogen-bond acceptors (Lipinski definition) is 5. The zero-order valence-electron chi connectivity index (χ0n) is 13.4. The molecular weight excluding hydrogens is 310 g/mol. The third-order valence-corrected chi connectivity index (χ3v) is 4.72. The van der Waals surface area contributed by atoms with Crippen LogP contribution in [0.1, 0.15) is 20.3 Å². The third-order valence-electron chi connectivity index (χ3n) is 3.61. The smallest absolute Gasteiger partial charge is 0.259 e. The van der Waals surface area contributed by atoms with Gasteiger partial charge >= 0.3 is 0 Å². The summed E-state index contributed by atoms with van der Waals surface area (Å²) in [4.78, 5) is 14.7. The average Bonchev–Trinajstić information content (AvgIpc) is 2.90. The molecule has 6 heteroatoms. The quantitative estimate of drug-likeness (QED) is 0.663. The SMILES string of the molecule is CCC(C=C1Sc2ccc(OC)cc2N1CC)=C(C#N)C(N)=O. The molecule has 0 unspecified atom stereocenters. The maximum Gasteiger partial charge on any atom is 0.259 e. The lowest BCUT2D eigenvalue weighted by molar-refractivity contribution is -0.114. The highest BCUT2D eigenvalue weighted by molar-refractivity contribution is 8.03. The Hall–Kier alpha value is -2.39. The fourth-order valence-corrected chi connectivity index (χ4v) is 3.60. The predicted octanol–water partition coefficient (Wildman–Crippen LogP) is 3.18. The number of anilines is 1. The summed E-state index contributed by atoms with van der Waals surface area (Å²) in [6.07, 6.45) is 2.44. The van der Waals surface area contributed by atoms with Crippen molar-refractivity contribution in [3.8, 4) is 11.8 Å². The number of hydrogen-bond donors (Lipinski definition) is 1. The van der Waals surface area contributed by atoms with Gasteiger partial charge in [0.1, 0.15) is 17.4 Å². The maximum absolute atomic E-state index is 11.4. The number of primary amides is 1. The fourth-order valence-electron chi connectivity index (χ4n) is 2.43. The highest BCUT2D eigenvalue weighted by Gasteiger charge is 2.25. The van der Waals surface area contributed by atoms with Crippen LogP contribution in [-0.2, 0) is 4.79 Å². The molecule has 1 aromatic rings. The number of ether oxygens (including phenoxy) is 1. The first-order chi connectivity index (χ1) is 11.0. The summed E-state index contributed by atoms with van der Waals surface area (Å²) in [5.74, 6) is 0.108. The van der Waals surface area contributed by atoms with Gasteiger partial charge in [0.2, 0.25) is 0 Å². The van der Waals surface area contributed by atoms with Crippen LogP contribution < -0.4 is 15.4 Å². The molecule has 0 saturated heterocycles. The first kappa shape index (κ1) is 17.0. The molecular formula is C17H19N3O2S. The van der Waals surface area contributed by atoms with Crippen molar-refractivity contribution in [2.75, 3.05) is 18.6 Å². The zero-order valence-corrected chi connectivity index (χ0v) is 14.2. The largest absolute Gasteiger partial charge is 0.497 e. The Bertz CT molecular complexity index is 732. The van der Waals surface area contributed by atoms with E-state index in [1.807, 2.05) is 37.3 Å². The van der Waals surface area contributed by atoms with Crippen molar-refractivity contribution in [2.24, 2.45) is 5.73 Å². The number of carbonyl (C=O) groups excluding carboxylic acids is 1. The summed E-state index contributed by atoms with van der Waals surface area (Å²) in [6.45, 7) is 4.73. The second-order valence-corrected chi connectivity index (χ2v) is 5.95. The lowest BCUT2D eigenvalue weighted by atomic mass is 10.1. The molecule has 1 amide bonds. The van der Waals surface area contributed by atoms with E-state index in [1.165, 1.54) is 0 Å². The number of allylic oxidation sites excluding steroid dienone is 2. The van der Waals surface area contributed by atoms with E-state index in [0.717, 1.165) is 27.9 Å². The van der Waals surface area contributed by atoms with Crippen molar-refractivity contribution in [3.05, 3.63) is 40.5 Å². The molecule has 0 aliphatic carbocycles. The summed E-state index contributed by atoms with van der Waals surface area (Å²) in [6, 6.07) is 7.83. The summed E-state index contributed by atoms with van der Waals surface area (Å²) in [5.41, 5.74) is 7.04. The van der Waals surface area contributed by atoms with Crippen molar-refractivity contribution in [1.29, 1.82) is 5.26 Å². The number of rotatable bonds is 5. The van der Waals surface area contributed by atoms with Crippen LogP contribution in [0.25, 0.3) is 0 Å². The Morgan fingerprint density at radius 3 is 2.74 bits per heavy atom. The van der Waals surface area contributed by atoms with Crippen LogP contribution in [0.15, 0.2) is 45.3 Å². The summed E-state index contributed by atoms with van der Waals surface area (Å²) in [5, 5.41) is 10.1. The van der Waals surface area contributed by atoms with Crippen LogP contribution in [0.3, 0.4) is 0 Å². The van der Waals surface area contributed by atoms with E-state index in [4.69, 9.17) is 15.7 Å². The number of nitrogens with two attached hydrogens (primary N) is 1. The number of nitrogens with zero attached hydrogens (tertiary/aromatic N) is 2. The highest BCUT2D eigenvalue weighted by Crippen LogP contribution is 2.47. The Balaban J connectivity index is 2.49. The molecule has 23 heavy (non-hydrogen) atoms. The molecule has 0 spiro atoms. The highest BCUT2D eigenvalue weighted by atomic mass is 32.2. The van der Waals surface area contributed by atoms with Crippen LogP contribution in [0.5, 0.6) is 5.75 Å². The minimum atomic E-state index is -0.688. The van der Waals surface area contributed by atoms with Gasteiger partial charge in [0.15, 0.2) is 0 Å². The predicted molar refractivity (Wildman–Crippen MR) is 92.1 cm³/mol. The second kappa shape index (κ2) is 7.25. The fraction of sp³-hybridized carbons (Fsp3) is 0.294. The number of carbonyl (C=O) groups is 1. The first-order valence-electron chi connectivity index (χ1n) is 7.33. The molecule has 0 aromatic heterocycles. The van der Waals surface area contributed by atoms with Crippen molar-refractivity contribution >= 4 is 23.4 Å². The van der Waals surface area contributed by atoms with Gasteiger partial charge < -0.3 is 15.4 Å². The Morgan fingerprint density at radius 1 is 1.48 bits per heavy atom. The lowest BCUT2D eigenvalue weighted by Crippen LogP contribution is -2.18. The Kier molecular flexibility index (Phi) is 5.35. The van der Waals surface area contributed by atoms with E-state index in [0.29, 0.717) is 12.0 Å². The van der Waals surface area contributed by atoms with E-state index in [2.05, 4.69) is 11.8 Å². The first-order valence-corrected chi connectivity index (χ1v) is 8.15. The van der Waals surface area contributed by atoms with Crippen LogP contribution in [-0.4, -0.2) is 19.6 Å². The van der Waals surface area contributed by atoms with E-state index < -0.39 is 5.91 Å². The number of amides is 1. The summed E-state index contributed by atoms with van der Waals surface area (Å²) >= 11 is 1.61. The molecule has 1 aliphatic heterocycles. The van der Waals surface area contributed by atoms with Gasteiger partial charge in [-0.2, -0.15) is 5.26 Å². The van der Waals surface area contributed by atoms with Crippen molar-refractivity contribution in [3.63, 3.8) is 0 Å². The van der Waals surface area contributed by atoms with Gasteiger partial charge in [0.25, 0.3) is 5.91 Å². The monoisotopic (exact) mass is 329 g/mol. The van der Waals surface area contributed by atoms with Gasteiger partial charge in [-0.1, -0.05) is 18.7 Å². The van der Waals surface area contributed by atoms with Crippen LogP contribution >= 0.6 is 11.8 Å². The van der Waals surface area contributed by atoms with Gasteiger partial charge in [-0.05, 0) is 37.1 Å². The maximum atomic E-state index is 11.4. The van der Waals surface area contributed by atoms with Gasteiger partial charge in [-0.25, -0.2) is 0 Å². The summed E-state index contributed by atoms with van der Waals surface area (Å²) < 4.78 is 5.29. The molecule has 0 fully saturated rings. The molecule has 2 rings (SSSR count). The Labute approximate surface area is 140 Å². The molecule has 0 atom stereocenters. The number of thioether (sulfide) groups is 1. The molecule has 0 bridgehead atoms. The number of benzene rings is 1. The van der Waals surface area contributed by atoms with Gasteiger partial charge in [0, 0.05) is 17.5 Å². The van der Waals surface area contributed by atoms with Crippen molar-refractivity contribution in [1.82, 2.24) is 0 Å². The van der Waals surface area contributed by atoms with Crippen LogP contribution in [0, 0.1) is 11.3 Å². The van der Waals surface area contributed by atoms with Crippen molar-refractivity contribution < 1.29 is 9.53 Å². The molecule has 0 radical (unpaired) electrons. The number of methoxy groups -OCH3 is 1. The van der Waals surface area contributed by atoms with Crippen LogP contribution in [0.2, 0.25) is 0 Å². The van der Waals surface area contributed by atoms with Gasteiger partial charge in [0.05, 0.1) is 17.8 Å². The molecule has 1 heterocycles. The van der Waals surface area contributed by atoms with Crippen LogP contribution in [0.4, 0.5) is 5.69 Å². The average molecular weight is 329 g/mol. The number of fused-ring (bicyclic) bond motifs is 1. The van der Waals surface area contributed by atoms with Gasteiger partial charge in [-0.3, -0.25) is 4.79 Å². The lowest BCUT2D eigenvalue weighted by Gasteiger charge is -2.19. The minimum absolute atomic E-state index is 0.0187. The Morgan fingerprint density at radius 2 is 2.22 bits per heavy atom. The topological polar surface area (TPSA) is 79.3 Å². The zero-order chi connectivity index (χ0) is 17.0. The van der Waals surface area contributed by atoms with E-state index in [-0.39, 0.29) is 5.57 Å². The van der Waals surface area contributed by atoms with E-state index >= 15 is 0 Å². The summed E-state index contributed by atoms with van der Waals surface area (Å²) in [7, 11) is 1.64. The van der Waals surface area contributed by atoms with Crippen molar-refractivity contribution in [2.45, 2.75) is 25.2 Å². The molecule has 1 aliphatic rings. The molecule has 2 N–H and O–H groups in total. The van der Waals surface area contributed by atoms with E-state index in [1.54, 1.807) is 18.9 Å². The standard InChI is InChI=1S/C17H19N3O2S/c1-4-11(13(10-18)17(19)21)8-16-20(5-2)14-9-12(22-3)6-7-15(14)23-16/h6-9H,4-5H2,1-3H3,(H2,19,21).